The molecule has 14 heavy (non-hydrogen) atoms. The Bertz CT molecular complexity index is 396. The van der Waals surface area contributed by atoms with Gasteiger partial charge in [0, 0.05) is 0 Å². The summed E-state index contributed by atoms with van der Waals surface area (Å²) in [6.07, 6.45) is 3.42. The number of benzene rings is 1. The molecule has 0 saturated heterocycles. The molecular formula is C10H9NO3. The number of aromatic hydroxyl groups is 1. The van der Waals surface area contributed by atoms with E-state index < -0.39 is 5.91 Å². The molecule has 72 valence electrons. The fourth-order valence-electron chi connectivity index (χ4n) is 1.01. The third-order valence-electron chi connectivity index (χ3n) is 1.65. The number of rotatable bonds is 3. The van der Waals surface area contributed by atoms with Crippen molar-refractivity contribution >= 4 is 18.3 Å². The van der Waals surface area contributed by atoms with Crippen LogP contribution in [0.3, 0.4) is 0 Å². The Labute approximate surface area is 80.7 Å². The van der Waals surface area contributed by atoms with Crippen LogP contribution < -0.4 is 5.73 Å². The normalized spacial score (nSPS) is 10.3. The van der Waals surface area contributed by atoms with E-state index in [1.807, 2.05) is 0 Å². The molecule has 0 radical (unpaired) electrons. The number of amides is 1. The summed E-state index contributed by atoms with van der Waals surface area (Å²) in [6.45, 7) is 0. The lowest BCUT2D eigenvalue weighted by Gasteiger charge is -2.00. The number of hydrogen-bond acceptors (Lipinski definition) is 3. The summed E-state index contributed by atoms with van der Waals surface area (Å²) < 4.78 is 0. The first-order valence-corrected chi connectivity index (χ1v) is 3.90. The van der Waals surface area contributed by atoms with E-state index in [-0.39, 0.29) is 11.3 Å². The molecule has 0 spiro atoms. The maximum Gasteiger partial charge on any atom is 0.252 e. The van der Waals surface area contributed by atoms with Gasteiger partial charge in [-0.25, -0.2) is 0 Å². The van der Waals surface area contributed by atoms with Crippen LogP contribution in [0.1, 0.15) is 15.9 Å². The number of hydrogen-bond donors (Lipinski definition) is 2. The Morgan fingerprint density at radius 2 is 2.14 bits per heavy atom. The van der Waals surface area contributed by atoms with E-state index in [1.165, 1.54) is 24.3 Å². The summed E-state index contributed by atoms with van der Waals surface area (Å²) in [7, 11) is 0. The third-order valence-corrected chi connectivity index (χ3v) is 1.65. The van der Waals surface area contributed by atoms with Crippen LogP contribution in [0.25, 0.3) is 6.08 Å². The second-order valence-corrected chi connectivity index (χ2v) is 2.64. The van der Waals surface area contributed by atoms with Gasteiger partial charge in [-0.2, -0.15) is 0 Å². The Morgan fingerprint density at radius 1 is 1.43 bits per heavy atom. The van der Waals surface area contributed by atoms with Gasteiger partial charge in [0.2, 0.25) is 0 Å². The molecule has 0 atom stereocenters. The maximum absolute atomic E-state index is 10.8. The zero-order valence-corrected chi connectivity index (χ0v) is 7.31. The number of carbonyl (C=O) groups is 2. The summed E-state index contributed by atoms with van der Waals surface area (Å²) in [5.74, 6) is -0.871. The zero-order chi connectivity index (χ0) is 10.6. The van der Waals surface area contributed by atoms with Gasteiger partial charge < -0.3 is 10.8 Å². The van der Waals surface area contributed by atoms with Crippen molar-refractivity contribution in [2.24, 2.45) is 5.73 Å². The Hall–Kier alpha value is -2.10. The molecule has 4 nitrogen and oxygen atoms in total. The predicted octanol–water partition coefficient (Wildman–Crippen LogP) is 0.703. The van der Waals surface area contributed by atoms with Crippen LogP contribution in [-0.4, -0.2) is 17.3 Å². The average molecular weight is 191 g/mol. The molecule has 1 aromatic rings. The van der Waals surface area contributed by atoms with Gasteiger partial charge in [-0.15, -0.1) is 0 Å². The minimum absolute atomic E-state index is 0.0399. The van der Waals surface area contributed by atoms with Crippen molar-refractivity contribution in [2.45, 2.75) is 0 Å². The predicted molar refractivity (Wildman–Crippen MR) is 51.7 cm³/mol. The molecule has 4 heteroatoms. The van der Waals surface area contributed by atoms with Crippen molar-refractivity contribution in [3.8, 4) is 5.75 Å². The molecule has 0 aliphatic carbocycles. The molecule has 0 bridgehead atoms. The molecule has 0 heterocycles. The highest BCUT2D eigenvalue weighted by Crippen LogP contribution is 2.18. The standard InChI is InChI=1S/C10H9NO3/c11-10(14)8-6-7(2-1-5-12)3-4-9(8)13/h1-6,13H,(H2,11,14). The van der Waals surface area contributed by atoms with Crippen molar-refractivity contribution in [1.29, 1.82) is 0 Å². The smallest absolute Gasteiger partial charge is 0.252 e. The lowest BCUT2D eigenvalue weighted by molar-refractivity contribution is -0.104. The first kappa shape index (κ1) is 9.98. The quantitative estimate of drug-likeness (QED) is 0.545. The van der Waals surface area contributed by atoms with E-state index in [1.54, 1.807) is 6.07 Å². The van der Waals surface area contributed by atoms with Crippen LogP contribution in [0.15, 0.2) is 24.3 Å². The second-order valence-electron chi connectivity index (χ2n) is 2.64. The first-order chi connectivity index (χ1) is 6.65. The van der Waals surface area contributed by atoms with Crippen LogP contribution in [0.5, 0.6) is 5.75 Å². The van der Waals surface area contributed by atoms with Gasteiger partial charge in [0.1, 0.15) is 12.0 Å². The number of carbonyl (C=O) groups excluding carboxylic acids is 2. The van der Waals surface area contributed by atoms with E-state index in [9.17, 15) is 14.7 Å². The Balaban J connectivity index is 3.12. The summed E-state index contributed by atoms with van der Waals surface area (Å²) in [6, 6.07) is 4.34. The molecule has 0 aliphatic rings. The monoisotopic (exact) mass is 191 g/mol. The van der Waals surface area contributed by atoms with E-state index in [2.05, 4.69) is 0 Å². The highest BCUT2D eigenvalue weighted by Gasteiger charge is 2.06. The fraction of sp³-hybridized carbons (Fsp3) is 0. The van der Waals surface area contributed by atoms with Gasteiger partial charge >= 0.3 is 0 Å². The summed E-state index contributed by atoms with van der Waals surface area (Å²) in [5.41, 5.74) is 5.69. The van der Waals surface area contributed by atoms with Crippen LogP contribution in [-0.2, 0) is 4.79 Å². The van der Waals surface area contributed by atoms with E-state index in [0.29, 0.717) is 11.8 Å². The van der Waals surface area contributed by atoms with E-state index in [4.69, 9.17) is 5.73 Å². The van der Waals surface area contributed by atoms with Gasteiger partial charge in [0.15, 0.2) is 0 Å². The van der Waals surface area contributed by atoms with Gasteiger partial charge in [0.05, 0.1) is 5.56 Å². The number of aldehydes is 1. The maximum atomic E-state index is 10.8. The minimum Gasteiger partial charge on any atom is -0.507 e. The molecule has 3 N–H and O–H groups in total. The molecule has 1 amide bonds. The number of phenols is 1. The van der Waals surface area contributed by atoms with Crippen LogP contribution in [0.4, 0.5) is 0 Å². The number of allylic oxidation sites excluding steroid dienone is 1. The average Bonchev–Trinajstić information content (AvgIpc) is 2.16. The molecule has 1 rings (SSSR count). The van der Waals surface area contributed by atoms with E-state index in [0.717, 1.165) is 0 Å². The molecule has 0 saturated carbocycles. The van der Waals surface area contributed by atoms with Crippen molar-refractivity contribution in [2.75, 3.05) is 0 Å². The zero-order valence-electron chi connectivity index (χ0n) is 7.31. The molecule has 0 aliphatic heterocycles. The molecule has 0 unspecified atom stereocenters. The number of nitrogens with two attached hydrogens (primary N) is 1. The van der Waals surface area contributed by atoms with Crippen molar-refractivity contribution in [3.63, 3.8) is 0 Å². The Kier molecular flexibility index (Phi) is 3.01. The topological polar surface area (TPSA) is 80.4 Å². The fourth-order valence-corrected chi connectivity index (χ4v) is 1.01. The van der Waals surface area contributed by atoms with Gasteiger partial charge in [-0.05, 0) is 23.8 Å². The van der Waals surface area contributed by atoms with E-state index >= 15 is 0 Å². The number of primary amides is 1. The lowest BCUT2D eigenvalue weighted by Crippen LogP contribution is -2.11. The Morgan fingerprint density at radius 3 is 2.71 bits per heavy atom. The third kappa shape index (κ3) is 2.20. The summed E-state index contributed by atoms with van der Waals surface area (Å²) >= 11 is 0. The second kappa shape index (κ2) is 4.23. The van der Waals surface area contributed by atoms with Gasteiger partial charge in [-0.1, -0.05) is 12.1 Å². The van der Waals surface area contributed by atoms with Crippen LogP contribution in [0, 0.1) is 0 Å². The molecular weight excluding hydrogens is 182 g/mol. The van der Waals surface area contributed by atoms with Crippen molar-refractivity contribution in [3.05, 3.63) is 35.4 Å². The molecule has 1 aromatic carbocycles. The minimum atomic E-state index is -0.705. The highest BCUT2D eigenvalue weighted by atomic mass is 16.3. The lowest BCUT2D eigenvalue weighted by atomic mass is 10.1. The van der Waals surface area contributed by atoms with Crippen molar-refractivity contribution < 1.29 is 14.7 Å². The largest absolute Gasteiger partial charge is 0.507 e. The van der Waals surface area contributed by atoms with Gasteiger partial charge in [-0.3, -0.25) is 9.59 Å². The van der Waals surface area contributed by atoms with Crippen molar-refractivity contribution in [1.82, 2.24) is 0 Å². The SMILES string of the molecule is NC(=O)c1cc(C=CC=O)ccc1O. The molecule has 0 fully saturated rings. The van der Waals surface area contributed by atoms with Crippen LogP contribution in [0.2, 0.25) is 0 Å². The highest BCUT2D eigenvalue weighted by molar-refractivity contribution is 5.96. The molecule has 0 aromatic heterocycles. The summed E-state index contributed by atoms with van der Waals surface area (Å²) in [4.78, 5) is 20.9. The van der Waals surface area contributed by atoms with Crippen LogP contribution >= 0.6 is 0 Å². The summed E-state index contributed by atoms with van der Waals surface area (Å²) in [5, 5.41) is 9.24. The first-order valence-electron chi connectivity index (χ1n) is 3.90. The van der Waals surface area contributed by atoms with Gasteiger partial charge in [0.25, 0.3) is 5.91 Å².